The third kappa shape index (κ3) is 3.59. The summed E-state index contributed by atoms with van der Waals surface area (Å²) in [7, 11) is -3.25. The number of sulfonamides is 1. The second kappa shape index (κ2) is 5.98. The Hall–Kier alpha value is -0.910. The van der Waals surface area contributed by atoms with Crippen LogP contribution in [0, 0.1) is 0 Å². The lowest BCUT2D eigenvalue weighted by atomic mass is 10.2. The molecule has 0 fully saturated rings. The summed E-state index contributed by atoms with van der Waals surface area (Å²) in [6, 6.07) is 9.36. The Morgan fingerprint density at radius 1 is 1.25 bits per heavy atom. The smallest absolute Gasteiger partial charge is 0.214 e. The average molecular weight is 243 g/mol. The van der Waals surface area contributed by atoms with Crippen molar-refractivity contribution in [3.63, 3.8) is 0 Å². The molecule has 0 radical (unpaired) electrons. The van der Waals surface area contributed by atoms with Crippen LogP contribution < -0.4 is 0 Å². The molecule has 16 heavy (non-hydrogen) atoms. The number of aliphatic hydroxyl groups is 1. The molecule has 0 unspecified atom stereocenters. The zero-order valence-electron chi connectivity index (χ0n) is 9.33. The first kappa shape index (κ1) is 13.2. The van der Waals surface area contributed by atoms with Gasteiger partial charge >= 0.3 is 0 Å². The molecule has 4 nitrogen and oxygen atoms in total. The van der Waals surface area contributed by atoms with Crippen molar-refractivity contribution >= 4 is 10.0 Å². The van der Waals surface area contributed by atoms with E-state index < -0.39 is 10.0 Å². The van der Waals surface area contributed by atoms with E-state index in [4.69, 9.17) is 5.11 Å². The standard InChI is InChI=1S/C11H17NO3S/c1-2-16(14,15)12(8-9-13)10-11-6-4-3-5-7-11/h3-7,13H,2,8-10H2,1H3. The first-order valence-electron chi connectivity index (χ1n) is 5.22. The van der Waals surface area contributed by atoms with E-state index in [1.807, 2.05) is 30.3 Å². The molecule has 1 rings (SSSR count). The van der Waals surface area contributed by atoms with Crippen LogP contribution in [0.1, 0.15) is 12.5 Å². The highest BCUT2D eigenvalue weighted by Crippen LogP contribution is 2.09. The number of nitrogens with zero attached hydrogens (tertiary/aromatic N) is 1. The van der Waals surface area contributed by atoms with E-state index in [-0.39, 0.29) is 18.9 Å². The Balaban J connectivity index is 2.81. The highest BCUT2D eigenvalue weighted by Gasteiger charge is 2.19. The Kier molecular flexibility index (Phi) is 4.92. The van der Waals surface area contributed by atoms with Crippen LogP contribution in [-0.2, 0) is 16.6 Å². The van der Waals surface area contributed by atoms with Gasteiger partial charge in [0.15, 0.2) is 0 Å². The van der Waals surface area contributed by atoms with Gasteiger partial charge in [0.25, 0.3) is 0 Å². The van der Waals surface area contributed by atoms with Crippen molar-refractivity contribution in [3.8, 4) is 0 Å². The van der Waals surface area contributed by atoms with Crippen LogP contribution in [-0.4, -0.2) is 36.7 Å². The van der Waals surface area contributed by atoms with Gasteiger partial charge in [-0.05, 0) is 12.5 Å². The van der Waals surface area contributed by atoms with E-state index in [1.165, 1.54) is 4.31 Å². The number of aliphatic hydroxyl groups excluding tert-OH is 1. The van der Waals surface area contributed by atoms with E-state index in [0.29, 0.717) is 6.54 Å². The predicted octanol–water partition coefficient (Wildman–Crippen LogP) is 0.831. The van der Waals surface area contributed by atoms with Crippen LogP contribution >= 0.6 is 0 Å². The monoisotopic (exact) mass is 243 g/mol. The maximum Gasteiger partial charge on any atom is 0.214 e. The van der Waals surface area contributed by atoms with Crippen LogP contribution in [0.15, 0.2) is 30.3 Å². The van der Waals surface area contributed by atoms with Gasteiger partial charge in [0, 0.05) is 13.1 Å². The lowest BCUT2D eigenvalue weighted by molar-refractivity contribution is 0.251. The summed E-state index contributed by atoms with van der Waals surface area (Å²) in [6.07, 6.45) is 0. The lowest BCUT2D eigenvalue weighted by Gasteiger charge is -2.20. The maximum atomic E-state index is 11.7. The number of rotatable bonds is 6. The zero-order chi connectivity index (χ0) is 12.0. The minimum absolute atomic E-state index is 0.0554. The maximum absolute atomic E-state index is 11.7. The molecule has 0 aliphatic rings. The van der Waals surface area contributed by atoms with Gasteiger partial charge in [0.05, 0.1) is 12.4 Å². The third-order valence-corrected chi connectivity index (χ3v) is 4.14. The number of hydrogen-bond donors (Lipinski definition) is 1. The molecule has 5 heteroatoms. The van der Waals surface area contributed by atoms with Crippen LogP contribution in [0.3, 0.4) is 0 Å². The Bertz CT molecular complexity index is 402. The largest absolute Gasteiger partial charge is 0.395 e. The van der Waals surface area contributed by atoms with Crippen LogP contribution in [0.25, 0.3) is 0 Å². The molecule has 0 saturated heterocycles. The summed E-state index contributed by atoms with van der Waals surface area (Å²) in [5.41, 5.74) is 0.924. The fraction of sp³-hybridized carbons (Fsp3) is 0.455. The Labute approximate surface area is 96.6 Å². The van der Waals surface area contributed by atoms with Crippen molar-refractivity contribution in [1.29, 1.82) is 0 Å². The first-order valence-corrected chi connectivity index (χ1v) is 6.83. The van der Waals surface area contributed by atoms with Crippen molar-refractivity contribution in [2.75, 3.05) is 18.9 Å². The van der Waals surface area contributed by atoms with E-state index in [2.05, 4.69) is 0 Å². The lowest BCUT2D eigenvalue weighted by Crippen LogP contribution is -2.34. The molecule has 0 amide bonds. The van der Waals surface area contributed by atoms with Gasteiger partial charge < -0.3 is 5.11 Å². The molecule has 1 N–H and O–H groups in total. The van der Waals surface area contributed by atoms with Crippen molar-refractivity contribution in [3.05, 3.63) is 35.9 Å². The summed E-state index contributed by atoms with van der Waals surface area (Å²) in [5.74, 6) is 0.0554. The molecule has 0 heterocycles. The van der Waals surface area contributed by atoms with E-state index in [1.54, 1.807) is 6.92 Å². The van der Waals surface area contributed by atoms with E-state index in [0.717, 1.165) is 5.56 Å². The second-order valence-electron chi connectivity index (χ2n) is 3.44. The fourth-order valence-corrected chi connectivity index (χ4v) is 2.47. The molecular weight excluding hydrogens is 226 g/mol. The van der Waals surface area contributed by atoms with Crippen LogP contribution in [0.4, 0.5) is 0 Å². The molecule has 1 aromatic carbocycles. The Morgan fingerprint density at radius 2 is 1.88 bits per heavy atom. The molecule has 90 valence electrons. The minimum atomic E-state index is -3.25. The van der Waals surface area contributed by atoms with Crippen LogP contribution in [0.2, 0.25) is 0 Å². The molecular formula is C11H17NO3S. The minimum Gasteiger partial charge on any atom is -0.395 e. The van der Waals surface area contributed by atoms with Gasteiger partial charge in [-0.1, -0.05) is 30.3 Å². The Morgan fingerprint density at radius 3 is 2.38 bits per heavy atom. The van der Waals surface area contributed by atoms with Crippen molar-refractivity contribution in [1.82, 2.24) is 4.31 Å². The topological polar surface area (TPSA) is 57.6 Å². The van der Waals surface area contributed by atoms with E-state index >= 15 is 0 Å². The predicted molar refractivity (Wildman–Crippen MR) is 63.4 cm³/mol. The first-order chi connectivity index (χ1) is 7.60. The highest BCUT2D eigenvalue weighted by molar-refractivity contribution is 7.89. The SMILES string of the molecule is CCS(=O)(=O)N(CCO)Cc1ccccc1. The normalized spacial score (nSPS) is 11.9. The molecule has 1 aromatic rings. The zero-order valence-corrected chi connectivity index (χ0v) is 10.2. The summed E-state index contributed by atoms with van der Waals surface area (Å²) in [6.45, 7) is 1.90. The molecule has 0 atom stereocenters. The van der Waals surface area contributed by atoms with Crippen molar-refractivity contribution in [2.45, 2.75) is 13.5 Å². The highest BCUT2D eigenvalue weighted by atomic mass is 32.2. The summed E-state index contributed by atoms with van der Waals surface area (Å²) in [4.78, 5) is 0. The molecule has 0 bridgehead atoms. The van der Waals surface area contributed by atoms with Gasteiger partial charge in [-0.3, -0.25) is 0 Å². The molecule has 0 aliphatic carbocycles. The quantitative estimate of drug-likeness (QED) is 0.805. The summed E-state index contributed by atoms with van der Waals surface area (Å²) < 4.78 is 24.7. The van der Waals surface area contributed by atoms with Gasteiger partial charge in [-0.25, -0.2) is 8.42 Å². The van der Waals surface area contributed by atoms with Crippen molar-refractivity contribution < 1.29 is 13.5 Å². The summed E-state index contributed by atoms with van der Waals surface area (Å²) >= 11 is 0. The molecule has 0 saturated carbocycles. The molecule has 0 aromatic heterocycles. The fourth-order valence-electron chi connectivity index (χ4n) is 1.40. The number of hydrogen-bond acceptors (Lipinski definition) is 3. The number of benzene rings is 1. The molecule has 0 spiro atoms. The van der Waals surface area contributed by atoms with Gasteiger partial charge in [-0.15, -0.1) is 0 Å². The average Bonchev–Trinajstić information content (AvgIpc) is 2.30. The van der Waals surface area contributed by atoms with Gasteiger partial charge in [-0.2, -0.15) is 4.31 Å². The third-order valence-electron chi connectivity index (χ3n) is 2.31. The van der Waals surface area contributed by atoms with E-state index in [9.17, 15) is 8.42 Å². The van der Waals surface area contributed by atoms with Gasteiger partial charge in [0.1, 0.15) is 0 Å². The van der Waals surface area contributed by atoms with Crippen LogP contribution in [0.5, 0.6) is 0 Å². The van der Waals surface area contributed by atoms with Gasteiger partial charge in [0.2, 0.25) is 10.0 Å². The molecule has 0 aliphatic heterocycles. The second-order valence-corrected chi connectivity index (χ2v) is 5.70. The van der Waals surface area contributed by atoms with Crippen molar-refractivity contribution in [2.24, 2.45) is 0 Å². The summed E-state index contributed by atoms with van der Waals surface area (Å²) in [5, 5.41) is 8.87.